The van der Waals surface area contributed by atoms with Gasteiger partial charge in [0.15, 0.2) is 0 Å². The monoisotopic (exact) mass is 210 g/mol. The van der Waals surface area contributed by atoms with E-state index in [4.69, 9.17) is 4.74 Å². The number of aliphatic hydroxyl groups is 1. The maximum absolute atomic E-state index is 10.2. The number of hydrogen-bond acceptors (Lipinski definition) is 2. The van der Waals surface area contributed by atoms with Gasteiger partial charge in [-0.1, -0.05) is 32.9 Å². The summed E-state index contributed by atoms with van der Waals surface area (Å²) >= 11 is 0. The number of allylic oxidation sites excluding steroid dienone is 2. The van der Waals surface area contributed by atoms with Crippen LogP contribution >= 0.6 is 0 Å². The Morgan fingerprint density at radius 1 is 1.40 bits per heavy atom. The first-order valence-corrected chi connectivity index (χ1v) is 5.36. The second-order valence-electron chi connectivity index (χ2n) is 5.52. The fourth-order valence-electron chi connectivity index (χ4n) is 2.31. The van der Waals surface area contributed by atoms with Gasteiger partial charge >= 0.3 is 0 Å². The molecule has 1 aliphatic carbocycles. The van der Waals surface area contributed by atoms with Crippen LogP contribution in [0.1, 0.15) is 34.6 Å². The molecule has 0 spiro atoms. The fourth-order valence-corrected chi connectivity index (χ4v) is 2.31. The third kappa shape index (κ3) is 2.32. The highest BCUT2D eigenvalue weighted by Crippen LogP contribution is 2.39. The predicted octanol–water partition coefficient (Wildman–Crippen LogP) is 2.68. The van der Waals surface area contributed by atoms with E-state index in [0.717, 1.165) is 0 Å². The lowest BCUT2D eigenvalue weighted by molar-refractivity contribution is -0.0405. The van der Waals surface area contributed by atoms with Crippen LogP contribution in [0.4, 0.5) is 0 Å². The van der Waals surface area contributed by atoms with Crippen molar-refractivity contribution in [3.63, 3.8) is 0 Å². The van der Waals surface area contributed by atoms with Crippen LogP contribution in [0.15, 0.2) is 23.3 Å². The van der Waals surface area contributed by atoms with Crippen molar-refractivity contribution in [2.24, 2.45) is 5.41 Å². The summed E-state index contributed by atoms with van der Waals surface area (Å²) in [7, 11) is 1.65. The molecule has 2 atom stereocenters. The van der Waals surface area contributed by atoms with E-state index >= 15 is 0 Å². The first-order valence-electron chi connectivity index (χ1n) is 5.36. The zero-order chi connectivity index (χ0) is 11.9. The van der Waals surface area contributed by atoms with E-state index in [1.165, 1.54) is 11.1 Å². The topological polar surface area (TPSA) is 29.5 Å². The lowest BCUT2D eigenvalue weighted by Gasteiger charge is -2.40. The quantitative estimate of drug-likeness (QED) is 0.721. The van der Waals surface area contributed by atoms with Gasteiger partial charge in [0.2, 0.25) is 0 Å². The molecule has 15 heavy (non-hydrogen) atoms. The van der Waals surface area contributed by atoms with Gasteiger partial charge in [-0.15, -0.1) is 0 Å². The Morgan fingerprint density at radius 3 is 2.27 bits per heavy atom. The van der Waals surface area contributed by atoms with Crippen molar-refractivity contribution in [3.05, 3.63) is 23.3 Å². The Bertz CT molecular complexity index is 303. The van der Waals surface area contributed by atoms with Crippen molar-refractivity contribution in [1.82, 2.24) is 0 Å². The van der Waals surface area contributed by atoms with Crippen molar-refractivity contribution in [2.45, 2.75) is 46.3 Å². The molecule has 1 aliphatic rings. The van der Waals surface area contributed by atoms with E-state index in [2.05, 4.69) is 27.7 Å². The first kappa shape index (κ1) is 12.5. The summed E-state index contributed by atoms with van der Waals surface area (Å²) in [5.41, 5.74) is 1.48. The Hall–Kier alpha value is -0.600. The molecular weight excluding hydrogens is 188 g/mol. The summed E-state index contributed by atoms with van der Waals surface area (Å²) < 4.78 is 5.46. The van der Waals surface area contributed by atoms with Gasteiger partial charge in [-0.05, 0) is 30.4 Å². The molecular formula is C13H22O2. The van der Waals surface area contributed by atoms with E-state index in [1.54, 1.807) is 14.0 Å². The third-order valence-corrected chi connectivity index (χ3v) is 2.93. The van der Waals surface area contributed by atoms with Crippen LogP contribution in [0.2, 0.25) is 0 Å². The lowest BCUT2D eigenvalue weighted by atomic mass is 9.73. The molecule has 1 N–H and O–H groups in total. The van der Waals surface area contributed by atoms with Gasteiger partial charge in [0.1, 0.15) is 11.7 Å². The zero-order valence-corrected chi connectivity index (χ0v) is 10.6. The molecule has 2 nitrogen and oxygen atoms in total. The second kappa shape index (κ2) is 3.76. The van der Waals surface area contributed by atoms with Crippen LogP contribution in [0.5, 0.6) is 0 Å². The van der Waals surface area contributed by atoms with Gasteiger partial charge in [-0.25, -0.2) is 0 Å². The molecule has 0 aromatic heterocycles. The molecule has 86 valence electrons. The van der Waals surface area contributed by atoms with Crippen LogP contribution in [-0.2, 0) is 4.74 Å². The minimum atomic E-state index is -0.906. The average molecular weight is 210 g/mol. The largest absolute Gasteiger partial charge is 0.383 e. The summed E-state index contributed by atoms with van der Waals surface area (Å²) in [6.07, 6.45) is 3.55. The molecule has 0 saturated carbocycles. The van der Waals surface area contributed by atoms with Crippen molar-refractivity contribution >= 4 is 0 Å². The maximum Gasteiger partial charge on any atom is 0.111 e. The standard InChI is InChI=1S/C13H22O2/c1-9-7-8-13(5,14)11(15-6)10(9)12(2,3)4/h7-8,11,14H,1-6H3. The Labute approximate surface area is 92.6 Å². The number of ether oxygens (including phenoxy) is 1. The Kier molecular flexibility index (Phi) is 3.13. The predicted molar refractivity (Wildman–Crippen MR) is 62.7 cm³/mol. The summed E-state index contributed by atoms with van der Waals surface area (Å²) in [5, 5.41) is 10.2. The Balaban J connectivity index is 3.24. The number of hydrogen-bond donors (Lipinski definition) is 1. The molecule has 2 heteroatoms. The van der Waals surface area contributed by atoms with E-state index in [1.807, 2.05) is 12.2 Å². The normalized spacial score (nSPS) is 32.3. The van der Waals surface area contributed by atoms with Crippen LogP contribution in [-0.4, -0.2) is 23.9 Å². The average Bonchev–Trinajstić information content (AvgIpc) is 2.06. The number of methoxy groups -OCH3 is 1. The number of rotatable bonds is 1. The molecule has 0 saturated heterocycles. The molecule has 0 aliphatic heterocycles. The molecule has 0 amide bonds. The van der Waals surface area contributed by atoms with E-state index in [-0.39, 0.29) is 11.5 Å². The summed E-state index contributed by atoms with van der Waals surface area (Å²) in [6, 6.07) is 0. The Morgan fingerprint density at radius 2 is 1.93 bits per heavy atom. The second-order valence-corrected chi connectivity index (χ2v) is 5.52. The molecule has 0 fully saturated rings. The van der Waals surface area contributed by atoms with Gasteiger partial charge in [0.05, 0.1) is 0 Å². The molecule has 0 radical (unpaired) electrons. The smallest absolute Gasteiger partial charge is 0.111 e. The molecule has 0 aromatic rings. The summed E-state index contributed by atoms with van der Waals surface area (Å²) in [5.74, 6) is 0. The van der Waals surface area contributed by atoms with Crippen molar-refractivity contribution < 1.29 is 9.84 Å². The van der Waals surface area contributed by atoms with Crippen molar-refractivity contribution in [1.29, 1.82) is 0 Å². The molecule has 1 rings (SSSR count). The van der Waals surface area contributed by atoms with Gasteiger partial charge in [-0.3, -0.25) is 0 Å². The molecule has 0 heterocycles. The van der Waals surface area contributed by atoms with Crippen molar-refractivity contribution in [2.75, 3.05) is 7.11 Å². The van der Waals surface area contributed by atoms with Crippen LogP contribution in [0.25, 0.3) is 0 Å². The van der Waals surface area contributed by atoms with Gasteiger partial charge in [0, 0.05) is 7.11 Å². The summed E-state index contributed by atoms with van der Waals surface area (Å²) in [6.45, 7) is 10.3. The highest BCUT2D eigenvalue weighted by Gasteiger charge is 2.40. The van der Waals surface area contributed by atoms with E-state index in [9.17, 15) is 5.11 Å². The highest BCUT2D eigenvalue weighted by atomic mass is 16.5. The fraction of sp³-hybridized carbons (Fsp3) is 0.692. The van der Waals surface area contributed by atoms with Gasteiger partial charge < -0.3 is 9.84 Å². The SMILES string of the molecule is COC1C(C(C)(C)C)=C(C)C=CC1(C)O. The maximum atomic E-state index is 10.2. The van der Waals surface area contributed by atoms with Crippen LogP contribution in [0.3, 0.4) is 0 Å². The minimum absolute atomic E-state index is 0.0134. The molecule has 0 bridgehead atoms. The van der Waals surface area contributed by atoms with E-state index in [0.29, 0.717) is 0 Å². The van der Waals surface area contributed by atoms with E-state index < -0.39 is 5.60 Å². The summed E-state index contributed by atoms with van der Waals surface area (Å²) in [4.78, 5) is 0. The van der Waals surface area contributed by atoms with Crippen LogP contribution in [0, 0.1) is 5.41 Å². The highest BCUT2D eigenvalue weighted by molar-refractivity contribution is 5.39. The lowest BCUT2D eigenvalue weighted by Crippen LogP contribution is -2.45. The zero-order valence-electron chi connectivity index (χ0n) is 10.6. The third-order valence-electron chi connectivity index (χ3n) is 2.93. The molecule has 2 unspecified atom stereocenters. The van der Waals surface area contributed by atoms with Gasteiger partial charge in [-0.2, -0.15) is 0 Å². The first-order chi connectivity index (χ1) is 6.70. The van der Waals surface area contributed by atoms with Crippen molar-refractivity contribution in [3.8, 4) is 0 Å². The minimum Gasteiger partial charge on any atom is -0.383 e. The van der Waals surface area contributed by atoms with Crippen LogP contribution < -0.4 is 0 Å². The van der Waals surface area contributed by atoms with Gasteiger partial charge in [0.25, 0.3) is 0 Å². The molecule has 0 aromatic carbocycles.